The monoisotopic (exact) mass is 411 g/mol. The molecule has 0 spiro atoms. The van der Waals surface area contributed by atoms with Gasteiger partial charge in [0.05, 0.1) is 18.2 Å². The van der Waals surface area contributed by atoms with Crippen molar-refractivity contribution in [3.8, 4) is 0 Å². The summed E-state index contributed by atoms with van der Waals surface area (Å²) >= 11 is 7.95. The molecule has 8 heteroatoms. The Labute approximate surface area is 169 Å². The minimum atomic E-state index is -0.386. The van der Waals surface area contributed by atoms with Crippen LogP contribution < -0.4 is 0 Å². The van der Waals surface area contributed by atoms with Crippen LogP contribution in [0.1, 0.15) is 6.42 Å². The third kappa shape index (κ3) is 5.85. The maximum Gasteiger partial charge on any atom is 0.312 e. The van der Waals surface area contributed by atoms with E-state index in [1.807, 2.05) is 24.3 Å². The van der Waals surface area contributed by atoms with Gasteiger partial charge in [-0.2, -0.15) is 0 Å². The van der Waals surface area contributed by atoms with E-state index in [0.717, 1.165) is 41.7 Å². The van der Waals surface area contributed by atoms with Gasteiger partial charge in [0.1, 0.15) is 0 Å². The first-order valence-corrected chi connectivity index (χ1v) is 10.8. The lowest BCUT2D eigenvalue weighted by Gasteiger charge is -2.35. The maximum atomic E-state index is 12.4. The molecule has 1 aromatic rings. The summed E-state index contributed by atoms with van der Waals surface area (Å²) < 4.78 is 5.24. The van der Waals surface area contributed by atoms with E-state index in [-0.39, 0.29) is 11.8 Å². The van der Waals surface area contributed by atoms with Crippen molar-refractivity contribution in [1.29, 1.82) is 0 Å². The Morgan fingerprint density at radius 2 is 1.59 bits per heavy atom. The molecule has 2 saturated heterocycles. The number of benzene rings is 1. The molecule has 0 aromatic heterocycles. The second kappa shape index (κ2) is 10.3. The van der Waals surface area contributed by atoms with Crippen molar-refractivity contribution in [2.45, 2.75) is 11.3 Å². The van der Waals surface area contributed by atoms with E-state index < -0.39 is 0 Å². The summed E-state index contributed by atoms with van der Waals surface area (Å²) in [7, 11) is 0. The number of rotatable bonds is 5. The first-order chi connectivity index (χ1) is 13.1. The molecule has 0 aliphatic carbocycles. The Bertz CT molecular complexity index is 647. The fourth-order valence-electron chi connectivity index (χ4n) is 3.24. The molecule has 0 radical (unpaired) electrons. The van der Waals surface area contributed by atoms with E-state index in [4.69, 9.17) is 16.3 Å². The highest BCUT2D eigenvalue weighted by Crippen LogP contribution is 2.26. The largest absolute Gasteiger partial charge is 0.378 e. The summed E-state index contributed by atoms with van der Waals surface area (Å²) in [5.74, 6) is 0.256. The Morgan fingerprint density at radius 3 is 2.26 bits per heavy atom. The van der Waals surface area contributed by atoms with Crippen molar-refractivity contribution in [3.05, 3.63) is 29.3 Å². The number of carbonyl (C=O) groups excluding carboxylic acids is 2. The second-order valence-corrected chi connectivity index (χ2v) is 8.21. The standard InChI is InChI=1S/C19H26ClN3O3S/c20-16-4-1-2-5-17(16)27-15-3-6-21-7-9-22(10-8-21)18(24)19(25)23-11-13-26-14-12-23/h1-2,4-5H,3,6-15H2. The molecule has 6 nitrogen and oxygen atoms in total. The molecule has 2 fully saturated rings. The quantitative estimate of drug-likeness (QED) is 0.420. The molecule has 2 aliphatic rings. The molecule has 3 rings (SSSR count). The Kier molecular flexibility index (Phi) is 7.81. The average molecular weight is 412 g/mol. The van der Waals surface area contributed by atoms with Crippen molar-refractivity contribution in [1.82, 2.24) is 14.7 Å². The van der Waals surface area contributed by atoms with E-state index in [9.17, 15) is 9.59 Å². The number of piperazine rings is 1. The summed E-state index contributed by atoms with van der Waals surface area (Å²) in [6.45, 7) is 5.91. The topological polar surface area (TPSA) is 53.1 Å². The highest BCUT2D eigenvalue weighted by Gasteiger charge is 2.30. The van der Waals surface area contributed by atoms with E-state index in [1.54, 1.807) is 21.6 Å². The van der Waals surface area contributed by atoms with Gasteiger partial charge in [0.2, 0.25) is 0 Å². The van der Waals surface area contributed by atoms with Crippen LogP contribution >= 0.6 is 23.4 Å². The molecule has 1 aromatic carbocycles. The van der Waals surface area contributed by atoms with Gasteiger partial charge in [-0.25, -0.2) is 0 Å². The summed E-state index contributed by atoms with van der Waals surface area (Å²) in [4.78, 5) is 31.5. The van der Waals surface area contributed by atoms with Crippen molar-refractivity contribution in [3.63, 3.8) is 0 Å². The number of halogens is 1. The van der Waals surface area contributed by atoms with Gasteiger partial charge in [-0.1, -0.05) is 23.7 Å². The smallest absolute Gasteiger partial charge is 0.312 e. The van der Waals surface area contributed by atoms with Crippen molar-refractivity contribution >= 4 is 35.2 Å². The molecule has 2 aliphatic heterocycles. The number of morpholine rings is 1. The highest BCUT2D eigenvalue weighted by molar-refractivity contribution is 7.99. The molecule has 0 saturated carbocycles. The van der Waals surface area contributed by atoms with Crippen LogP contribution in [0.25, 0.3) is 0 Å². The van der Waals surface area contributed by atoms with Crippen LogP contribution in [-0.2, 0) is 14.3 Å². The van der Waals surface area contributed by atoms with Gasteiger partial charge < -0.3 is 14.5 Å². The second-order valence-electron chi connectivity index (χ2n) is 6.67. The van der Waals surface area contributed by atoms with Gasteiger partial charge in [0.25, 0.3) is 0 Å². The summed E-state index contributed by atoms with van der Waals surface area (Å²) in [6.07, 6.45) is 1.07. The molecule has 27 heavy (non-hydrogen) atoms. The first-order valence-electron chi connectivity index (χ1n) is 9.41. The number of hydrogen-bond acceptors (Lipinski definition) is 5. The lowest BCUT2D eigenvalue weighted by molar-refractivity contribution is -0.155. The first kappa shape index (κ1) is 20.5. The zero-order valence-corrected chi connectivity index (χ0v) is 17.0. The van der Waals surface area contributed by atoms with E-state index in [0.29, 0.717) is 39.4 Å². The highest BCUT2D eigenvalue weighted by atomic mass is 35.5. The number of ether oxygens (including phenoxy) is 1. The third-order valence-electron chi connectivity index (χ3n) is 4.85. The van der Waals surface area contributed by atoms with Gasteiger partial charge in [0.15, 0.2) is 0 Å². The predicted molar refractivity (Wildman–Crippen MR) is 107 cm³/mol. The number of nitrogens with zero attached hydrogens (tertiary/aromatic N) is 3. The lowest BCUT2D eigenvalue weighted by Crippen LogP contribution is -2.54. The summed E-state index contributed by atoms with van der Waals surface area (Å²) in [5.41, 5.74) is 0. The molecule has 0 atom stereocenters. The van der Waals surface area contributed by atoms with Gasteiger partial charge in [-0.3, -0.25) is 14.5 Å². The van der Waals surface area contributed by atoms with Crippen LogP contribution in [0.5, 0.6) is 0 Å². The average Bonchev–Trinajstić information content (AvgIpc) is 2.72. The van der Waals surface area contributed by atoms with Crippen molar-refractivity contribution in [2.75, 3.05) is 64.8 Å². The lowest BCUT2D eigenvalue weighted by atomic mass is 10.2. The van der Waals surface area contributed by atoms with E-state index in [1.165, 1.54) is 0 Å². The van der Waals surface area contributed by atoms with Crippen LogP contribution in [0.3, 0.4) is 0 Å². The van der Waals surface area contributed by atoms with Gasteiger partial charge >= 0.3 is 11.8 Å². The van der Waals surface area contributed by atoms with Gasteiger partial charge in [-0.05, 0) is 30.9 Å². The molecule has 2 heterocycles. The van der Waals surface area contributed by atoms with E-state index in [2.05, 4.69) is 4.90 Å². The van der Waals surface area contributed by atoms with Crippen LogP contribution in [-0.4, -0.2) is 91.3 Å². The summed E-state index contributed by atoms with van der Waals surface area (Å²) in [5, 5.41) is 0.805. The normalized spacial score (nSPS) is 18.6. The fourth-order valence-corrected chi connectivity index (χ4v) is 4.42. The third-order valence-corrected chi connectivity index (χ3v) is 6.46. The molecule has 2 amide bonds. The number of hydrogen-bond donors (Lipinski definition) is 0. The van der Waals surface area contributed by atoms with Crippen LogP contribution in [0, 0.1) is 0 Å². The van der Waals surface area contributed by atoms with Crippen LogP contribution in [0.2, 0.25) is 5.02 Å². The molecule has 0 N–H and O–H groups in total. The van der Waals surface area contributed by atoms with Crippen LogP contribution in [0.15, 0.2) is 29.2 Å². The zero-order chi connectivity index (χ0) is 19.1. The van der Waals surface area contributed by atoms with Crippen LogP contribution in [0.4, 0.5) is 0 Å². The maximum absolute atomic E-state index is 12.4. The fraction of sp³-hybridized carbons (Fsp3) is 0.579. The Hall–Kier alpha value is -1.28. The number of amides is 2. The molecular formula is C19H26ClN3O3S. The van der Waals surface area contributed by atoms with Crippen molar-refractivity contribution < 1.29 is 14.3 Å². The van der Waals surface area contributed by atoms with Gasteiger partial charge in [-0.15, -0.1) is 11.8 Å². The predicted octanol–water partition coefficient (Wildman–Crippen LogP) is 1.83. The Balaban J connectivity index is 1.34. The molecule has 0 bridgehead atoms. The number of thioether (sulfide) groups is 1. The summed E-state index contributed by atoms with van der Waals surface area (Å²) in [6, 6.07) is 7.90. The minimum absolute atomic E-state index is 0.370. The molecule has 148 valence electrons. The van der Waals surface area contributed by atoms with Crippen molar-refractivity contribution in [2.24, 2.45) is 0 Å². The Morgan fingerprint density at radius 1 is 0.963 bits per heavy atom. The van der Waals surface area contributed by atoms with Gasteiger partial charge in [0, 0.05) is 44.2 Å². The number of carbonyl (C=O) groups is 2. The zero-order valence-electron chi connectivity index (χ0n) is 15.4. The molecule has 0 unspecified atom stereocenters. The van der Waals surface area contributed by atoms with E-state index >= 15 is 0 Å². The SMILES string of the molecule is O=C(C(=O)N1CCN(CCCSc2ccccc2Cl)CC1)N1CCOCC1. The molecular weight excluding hydrogens is 386 g/mol. The minimum Gasteiger partial charge on any atom is -0.378 e.